The summed E-state index contributed by atoms with van der Waals surface area (Å²) in [4.78, 5) is 31.4. The van der Waals surface area contributed by atoms with Crippen molar-refractivity contribution in [1.29, 1.82) is 0 Å². The lowest BCUT2D eigenvalue weighted by molar-refractivity contribution is 0.0941. The number of hydrogen-bond donors (Lipinski definition) is 2. The maximum Gasteiger partial charge on any atom is 0.263 e. The van der Waals surface area contributed by atoms with Crippen molar-refractivity contribution in [3.05, 3.63) is 106 Å². The third-order valence-electron chi connectivity index (χ3n) is 6.09. The van der Waals surface area contributed by atoms with Crippen LogP contribution in [0.4, 0.5) is 5.82 Å². The molecule has 1 unspecified atom stereocenters. The summed E-state index contributed by atoms with van der Waals surface area (Å²) in [5, 5.41) is 8.59. The molecule has 2 aromatic carbocycles. The zero-order valence-electron chi connectivity index (χ0n) is 19.4. The molecule has 0 saturated carbocycles. The zero-order valence-corrected chi connectivity index (χ0v) is 19.4. The van der Waals surface area contributed by atoms with Gasteiger partial charge in [-0.05, 0) is 49.1 Å². The second-order valence-electron chi connectivity index (χ2n) is 8.34. The number of aromatic nitrogens is 4. The molecule has 1 atom stereocenters. The highest BCUT2D eigenvalue weighted by molar-refractivity contribution is 6.04. The Kier molecular flexibility index (Phi) is 5.41. The fourth-order valence-corrected chi connectivity index (χ4v) is 4.38. The van der Waals surface area contributed by atoms with E-state index >= 15 is 0 Å². The lowest BCUT2D eigenvalue weighted by Gasteiger charge is -2.21. The number of anilines is 1. The molecule has 5 rings (SSSR count). The highest BCUT2D eigenvalue weighted by Gasteiger charge is 2.24. The minimum atomic E-state index is -0.536. The van der Waals surface area contributed by atoms with Crippen molar-refractivity contribution < 1.29 is 4.79 Å². The van der Waals surface area contributed by atoms with Gasteiger partial charge in [-0.25, -0.2) is 9.50 Å². The number of nitrogen functional groups attached to an aromatic ring is 1. The minimum Gasteiger partial charge on any atom is -0.381 e. The van der Waals surface area contributed by atoms with Crippen molar-refractivity contribution in [3.8, 4) is 5.69 Å². The summed E-state index contributed by atoms with van der Waals surface area (Å²) in [7, 11) is 0. The molecule has 35 heavy (non-hydrogen) atoms. The van der Waals surface area contributed by atoms with Gasteiger partial charge in [-0.2, -0.15) is 0 Å². The number of fused-ring (bicyclic) bond motifs is 2. The Balaban J connectivity index is 1.65. The molecular weight excluding hydrogens is 440 g/mol. The third kappa shape index (κ3) is 3.65. The van der Waals surface area contributed by atoms with Crippen LogP contribution in [0.2, 0.25) is 0 Å². The Morgan fingerprint density at radius 3 is 2.66 bits per heavy atom. The Morgan fingerprint density at radius 2 is 1.91 bits per heavy atom. The molecule has 8 heteroatoms. The van der Waals surface area contributed by atoms with E-state index in [2.05, 4.69) is 22.0 Å². The van der Waals surface area contributed by atoms with Crippen LogP contribution < -0.4 is 16.6 Å². The summed E-state index contributed by atoms with van der Waals surface area (Å²) in [6.45, 7) is 7.55. The number of rotatable bonds is 5. The van der Waals surface area contributed by atoms with Gasteiger partial charge in [0.2, 0.25) is 0 Å². The highest BCUT2D eigenvalue weighted by Crippen LogP contribution is 2.25. The van der Waals surface area contributed by atoms with Gasteiger partial charge >= 0.3 is 0 Å². The van der Waals surface area contributed by atoms with Gasteiger partial charge in [0.15, 0.2) is 11.5 Å². The number of nitrogens with one attached hydrogen (secondary N) is 1. The molecule has 174 valence electrons. The van der Waals surface area contributed by atoms with Crippen LogP contribution >= 0.6 is 0 Å². The van der Waals surface area contributed by atoms with E-state index in [0.717, 1.165) is 16.6 Å². The first-order valence-corrected chi connectivity index (χ1v) is 11.2. The van der Waals surface area contributed by atoms with Gasteiger partial charge in [0.1, 0.15) is 5.56 Å². The summed E-state index contributed by atoms with van der Waals surface area (Å²) < 4.78 is 3.17. The predicted molar refractivity (Wildman–Crippen MR) is 138 cm³/mol. The standard InChI is InChI=1S/C27H24N6O2/c1-4-18-9-8-10-19-15-21(32(27(35)22(18)19)20-11-6-5-7-12-20)17(3)30-26(34)23-24(28)31-33-16(2)13-14-29-25(23)33/h4-15,17H,1H2,2-3H3,(H2,28,31)(H,30,34). The number of aryl methyl sites for hydroxylation is 1. The van der Waals surface area contributed by atoms with E-state index < -0.39 is 11.9 Å². The van der Waals surface area contributed by atoms with Crippen LogP contribution in [0.5, 0.6) is 0 Å². The lowest BCUT2D eigenvalue weighted by Crippen LogP contribution is -2.32. The summed E-state index contributed by atoms with van der Waals surface area (Å²) in [5.74, 6) is -0.332. The molecule has 3 aromatic heterocycles. The quantitative estimate of drug-likeness (QED) is 0.408. The van der Waals surface area contributed by atoms with Crippen LogP contribution in [-0.2, 0) is 0 Å². The second kappa shape index (κ2) is 8.57. The maximum atomic E-state index is 13.8. The fraction of sp³-hybridized carbons (Fsp3) is 0.111. The van der Waals surface area contributed by atoms with Gasteiger partial charge < -0.3 is 11.1 Å². The van der Waals surface area contributed by atoms with Gasteiger partial charge in [0.05, 0.1) is 11.4 Å². The second-order valence-corrected chi connectivity index (χ2v) is 8.34. The number of nitrogens with two attached hydrogens (primary N) is 1. The fourth-order valence-electron chi connectivity index (χ4n) is 4.38. The molecule has 0 bridgehead atoms. The molecule has 3 heterocycles. The largest absolute Gasteiger partial charge is 0.381 e. The monoisotopic (exact) mass is 464 g/mol. The molecule has 0 radical (unpaired) electrons. The van der Waals surface area contributed by atoms with E-state index in [-0.39, 0.29) is 16.9 Å². The topological polar surface area (TPSA) is 107 Å². The molecule has 5 aromatic rings. The van der Waals surface area contributed by atoms with Crippen LogP contribution in [0.25, 0.3) is 28.2 Å². The minimum absolute atomic E-state index is 0.0890. The first kappa shape index (κ1) is 22.1. The van der Waals surface area contributed by atoms with Crippen LogP contribution in [-0.4, -0.2) is 25.1 Å². The molecule has 8 nitrogen and oxygen atoms in total. The summed E-state index contributed by atoms with van der Waals surface area (Å²) in [6.07, 6.45) is 3.28. The Hall–Kier alpha value is -4.72. The number of nitrogens with zero attached hydrogens (tertiary/aromatic N) is 4. The number of pyridine rings is 1. The average molecular weight is 465 g/mol. The van der Waals surface area contributed by atoms with Gasteiger partial charge in [-0.15, -0.1) is 5.10 Å². The number of hydrogen-bond acceptors (Lipinski definition) is 5. The number of para-hydroxylation sites is 1. The molecule has 0 aliphatic rings. The molecule has 0 fully saturated rings. The number of carbonyl (C=O) groups is 1. The van der Waals surface area contributed by atoms with E-state index in [4.69, 9.17) is 5.73 Å². The summed E-state index contributed by atoms with van der Waals surface area (Å²) in [6, 6.07) is 18.1. The number of benzene rings is 2. The van der Waals surface area contributed by atoms with Gasteiger partial charge in [-0.3, -0.25) is 14.2 Å². The van der Waals surface area contributed by atoms with Crippen molar-refractivity contribution in [2.24, 2.45) is 0 Å². The van der Waals surface area contributed by atoms with E-state index in [1.165, 1.54) is 0 Å². The smallest absolute Gasteiger partial charge is 0.263 e. The Morgan fingerprint density at radius 1 is 1.14 bits per heavy atom. The molecule has 0 aliphatic heterocycles. The van der Waals surface area contributed by atoms with Crippen LogP contribution in [0.15, 0.2) is 78.2 Å². The molecule has 3 N–H and O–H groups in total. The summed E-state index contributed by atoms with van der Waals surface area (Å²) in [5.41, 5.74) is 9.36. The number of carbonyl (C=O) groups excluding carboxylic acids is 1. The van der Waals surface area contributed by atoms with E-state index in [0.29, 0.717) is 22.4 Å². The lowest BCUT2D eigenvalue weighted by atomic mass is 10.0. The average Bonchev–Trinajstić information content (AvgIpc) is 3.21. The van der Waals surface area contributed by atoms with Crippen LogP contribution in [0.3, 0.4) is 0 Å². The maximum absolute atomic E-state index is 13.8. The SMILES string of the molecule is C=Cc1cccc2cc(C(C)NC(=O)c3c(N)nn4c(C)ccnc34)n(-c3ccccc3)c(=O)c12. The van der Waals surface area contributed by atoms with Crippen LogP contribution in [0, 0.1) is 6.92 Å². The first-order valence-electron chi connectivity index (χ1n) is 11.2. The van der Waals surface area contributed by atoms with E-state index in [9.17, 15) is 9.59 Å². The van der Waals surface area contributed by atoms with Gasteiger partial charge in [-0.1, -0.05) is 49.1 Å². The van der Waals surface area contributed by atoms with E-state index in [1.54, 1.807) is 27.4 Å². The van der Waals surface area contributed by atoms with Crippen molar-refractivity contribution in [2.75, 3.05) is 5.73 Å². The summed E-state index contributed by atoms with van der Waals surface area (Å²) >= 11 is 0. The highest BCUT2D eigenvalue weighted by atomic mass is 16.2. The third-order valence-corrected chi connectivity index (χ3v) is 6.09. The van der Waals surface area contributed by atoms with Crippen molar-refractivity contribution >= 4 is 34.2 Å². The van der Waals surface area contributed by atoms with Crippen LogP contribution in [0.1, 0.15) is 40.3 Å². The number of amides is 1. The molecule has 0 spiro atoms. The van der Waals surface area contributed by atoms with Crippen molar-refractivity contribution in [3.63, 3.8) is 0 Å². The molecule has 0 aliphatic carbocycles. The first-order chi connectivity index (χ1) is 16.9. The predicted octanol–water partition coefficient (Wildman–Crippen LogP) is 4.06. The molecule has 0 saturated heterocycles. The van der Waals surface area contributed by atoms with Crippen molar-refractivity contribution in [1.82, 2.24) is 24.5 Å². The van der Waals surface area contributed by atoms with Gasteiger partial charge in [0, 0.05) is 23.3 Å². The Labute approximate surface area is 201 Å². The molecule has 1 amide bonds. The van der Waals surface area contributed by atoms with E-state index in [1.807, 2.05) is 68.4 Å². The van der Waals surface area contributed by atoms with Crippen molar-refractivity contribution in [2.45, 2.75) is 19.9 Å². The van der Waals surface area contributed by atoms with Gasteiger partial charge in [0.25, 0.3) is 11.5 Å². The zero-order chi connectivity index (χ0) is 24.7. The molecular formula is C27H24N6O2. The Bertz CT molecular complexity index is 1670. The normalized spacial score (nSPS) is 12.1.